The van der Waals surface area contributed by atoms with Gasteiger partial charge in [-0.25, -0.2) is 0 Å². The number of para-hydroxylation sites is 1. The third-order valence-corrected chi connectivity index (χ3v) is 4.45. The van der Waals surface area contributed by atoms with E-state index in [1.807, 2.05) is 12.1 Å². The summed E-state index contributed by atoms with van der Waals surface area (Å²) in [6, 6.07) is 6.27. The zero-order chi connectivity index (χ0) is 15.5. The number of methoxy groups -OCH3 is 1. The third-order valence-electron chi connectivity index (χ3n) is 4.45. The summed E-state index contributed by atoms with van der Waals surface area (Å²) in [6.07, 6.45) is 2.02. The fourth-order valence-corrected chi connectivity index (χ4v) is 3.29. The van der Waals surface area contributed by atoms with Gasteiger partial charge in [-0.1, -0.05) is 19.1 Å². The third kappa shape index (κ3) is 2.77. The largest absolute Gasteiger partial charge is 0.493 e. The molecule has 0 radical (unpaired) electrons. The normalized spacial score (nSPS) is 24.4. The first-order valence-electron chi connectivity index (χ1n) is 8.04. The fraction of sp³-hybridized carbons (Fsp3) is 0.588. The molecule has 1 fully saturated rings. The Kier molecular flexibility index (Phi) is 4.52. The quantitative estimate of drug-likeness (QED) is 0.907. The van der Waals surface area contributed by atoms with Crippen molar-refractivity contribution in [2.24, 2.45) is 11.0 Å². The molecule has 2 aliphatic heterocycles. The van der Waals surface area contributed by atoms with Crippen molar-refractivity contribution in [1.82, 2.24) is 10.3 Å². The van der Waals surface area contributed by atoms with Crippen LogP contribution in [0.2, 0.25) is 0 Å². The molecule has 2 aliphatic rings. The number of nitrogens with one attached hydrogen (secondary N) is 1. The second-order valence-electron chi connectivity index (χ2n) is 6.06. The first-order valence-corrected chi connectivity index (χ1v) is 8.04. The molecule has 0 aliphatic carbocycles. The first kappa shape index (κ1) is 15.2. The van der Waals surface area contributed by atoms with E-state index in [0.717, 1.165) is 43.0 Å². The zero-order valence-corrected chi connectivity index (χ0v) is 13.6. The average molecular weight is 303 g/mol. The van der Waals surface area contributed by atoms with Crippen LogP contribution in [0.3, 0.4) is 0 Å². The highest BCUT2D eigenvalue weighted by Crippen LogP contribution is 2.41. The van der Waals surface area contributed by atoms with Crippen molar-refractivity contribution in [1.29, 1.82) is 0 Å². The number of benzene rings is 1. The molecule has 1 aromatic rings. The number of rotatable bonds is 5. The van der Waals surface area contributed by atoms with Gasteiger partial charge >= 0.3 is 0 Å². The van der Waals surface area contributed by atoms with E-state index in [2.05, 4.69) is 35.5 Å². The smallest absolute Gasteiger partial charge is 0.166 e. The van der Waals surface area contributed by atoms with E-state index < -0.39 is 0 Å². The molecular weight excluding hydrogens is 278 g/mol. The lowest BCUT2D eigenvalue weighted by Gasteiger charge is -2.31. The number of nitrogens with zero attached hydrogens (tertiary/aromatic N) is 2. The molecule has 0 aromatic heterocycles. The Morgan fingerprint density at radius 1 is 1.41 bits per heavy atom. The Bertz CT molecular complexity index is 559. The van der Waals surface area contributed by atoms with E-state index in [9.17, 15) is 0 Å². The van der Waals surface area contributed by atoms with Gasteiger partial charge in [0.15, 0.2) is 11.5 Å². The maximum Gasteiger partial charge on any atom is 0.166 e. The van der Waals surface area contributed by atoms with Gasteiger partial charge in [-0.2, -0.15) is 5.10 Å². The van der Waals surface area contributed by atoms with Gasteiger partial charge in [-0.05, 0) is 19.5 Å². The van der Waals surface area contributed by atoms with Gasteiger partial charge in [-0.15, -0.1) is 0 Å². The molecule has 1 N–H and O–H groups in total. The molecular formula is C17H25N3O2. The predicted octanol–water partition coefficient (Wildman–Crippen LogP) is 2.44. The van der Waals surface area contributed by atoms with Crippen LogP contribution in [0.4, 0.5) is 0 Å². The number of hydrazone groups is 1. The summed E-state index contributed by atoms with van der Waals surface area (Å²) in [5.41, 5.74) is 5.76. The van der Waals surface area contributed by atoms with Gasteiger partial charge in [0.2, 0.25) is 0 Å². The van der Waals surface area contributed by atoms with E-state index in [4.69, 9.17) is 9.47 Å². The average Bonchev–Trinajstić information content (AvgIpc) is 2.95. The van der Waals surface area contributed by atoms with Gasteiger partial charge in [0.1, 0.15) is 0 Å². The van der Waals surface area contributed by atoms with Crippen molar-refractivity contribution in [3.8, 4) is 11.5 Å². The van der Waals surface area contributed by atoms with Crippen LogP contribution in [0.1, 0.15) is 31.4 Å². The standard InChI is InChI=1S/C17H25N3O2/c1-4-10-22-17-12(6-5-7-15(17)21-3)16-13-11-20(2)9-8-14(13)18-19-16/h5-7,13,16,19H,4,8-11H2,1-3H3. The molecule has 22 heavy (non-hydrogen) atoms. The minimum atomic E-state index is 0.166. The molecule has 120 valence electrons. The first-order chi connectivity index (χ1) is 10.7. The lowest BCUT2D eigenvalue weighted by Crippen LogP contribution is -2.39. The molecule has 1 aromatic carbocycles. The van der Waals surface area contributed by atoms with E-state index in [1.54, 1.807) is 7.11 Å². The van der Waals surface area contributed by atoms with E-state index in [0.29, 0.717) is 12.5 Å². The van der Waals surface area contributed by atoms with Crippen LogP contribution in [0.15, 0.2) is 23.3 Å². The molecule has 0 amide bonds. The summed E-state index contributed by atoms with van der Waals surface area (Å²) in [5.74, 6) is 2.06. The van der Waals surface area contributed by atoms with E-state index in [1.165, 1.54) is 5.71 Å². The Morgan fingerprint density at radius 3 is 3.05 bits per heavy atom. The van der Waals surface area contributed by atoms with E-state index in [-0.39, 0.29) is 6.04 Å². The minimum Gasteiger partial charge on any atom is -0.493 e. The SMILES string of the molecule is CCCOc1c(OC)cccc1C1NN=C2CCN(C)CC21. The zero-order valence-electron chi connectivity index (χ0n) is 13.6. The number of hydrogen-bond donors (Lipinski definition) is 1. The number of likely N-dealkylation sites (tertiary alicyclic amines) is 1. The van der Waals surface area contributed by atoms with Crippen LogP contribution in [-0.2, 0) is 0 Å². The molecule has 3 rings (SSSR count). The molecule has 0 spiro atoms. The van der Waals surface area contributed by atoms with E-state index >= 15 is 0 Å². The summed E-state index contributed by atoms with van der Waals surface area (Å²) in [5, 5.41) is 4.57. The summed E-state index contributed by atoms with van der Waals surface area (Å²) in [4.78, 5) is 2.37. The van der Waals surface area contributed by atoms with Crippen molar-refractivity contribution in [3.63, 3.8) is 0 Å². The number of ether oxygens (including phenoxy) is 2. The summed E-state index contributed by atoms with van der Waals surface area (Å²) in [6.45, 7) is 4.92. The molecule has 0 saturated carbocycles. The maximum absolute atomic E-state index is 6.00. The van der Waals surface area contributed by atoms with Crippen LogP contribution in [-0.4, -0.2) is 44.5 Å². The highest BCUT2D eigenvalue weighted by atomic mass is 16.5. The van der Waals surface area contributed by atoms with Gasteiger partial charge < -0.3 is 19.8 Å². The Hall–Kier alpha value is -1.75. The lowest BCUT2D eigenvalue weighted by atomic mass is 9.86. The predicted molar refractivity (Wildman–Crippen MR) is 87.7 cm³/mol. The molecule has 2 atom stereocenters. The molecule has 1 saturated heterocycles. The van der Waals surface area contributed by atoms with Gasteiger partial charge in [0.25, 0.3) is 0 Å². The molecule has 2 unspecified atom stereocenters. The number of hydrogen-bond acceptors (Lipinski definition) is 5. The highest BCUT2D eigenvalue weighted by Gasteiger charge is 2.37. The minimum absolute atomic E-state index is 0.166. The second-order valence-corrected chi connectivity index (χ2v) is 6.06. The van der Waals surface area contributed by atoms with Gasteiger partial charge in [0.05, 0.1) is 19.8 Å². The van der Waals surface area contributed by atoms with Gasteiger partial charge in [-0.3, -0.25) is 0 Å². The summed E-state index contributed by atoms with van der Waals surface area (Å²) >= 11 is 0. The second kappa shape index (κ2) is 6.57. The monoisotopic (exact) mass is 303 g/mol. The molecule has 5 heteroatoms. The van der Waals surface area contributed by atoms with Crippen LogP contribution in [0.5, 0.6) is 11.5 Å². The molecule has 2 heterocycles. The highest BCUT2D eigenvalue weighted by molar-refractivity contribution is 5.90. The Balaban J connectivity index is 1.91. The van der Waals surface area contributed by atoms with Crippen LogP contribution in [0, 0.1) is 5.92 Å². The van der Waals surface area contributed by atoms with Crippen molar-refractivity contribution >= 4 is 5.71 Å². The molecule has 0 bridgehead atoms. The number of fused-ring (bicyclic) bond motifs is 1. The van der Waals surface area contributed by atoms with Gasteiger partial charge in [0, 0.05) is 36.7 Å². The molecule has 5 nitrogen and oxygen atoms in total. The van der Waals surface area contributed by atoms with Crippen molar-refractivity contribution in [2.45, 2.75) is 25.8 Å². The van der Waals surface area contributed by atoms with Crippen molar-refractivity contribution < 1.29 is 9.47 Å². The van der Waals surface area contributed by atoms with Crippen LogP contribution < -0.4 is 14.9 Å². The fourth-order valence-electron chi connectivity index (χ4n) is 3.29. The summed E-state index contributed by atoms with van der Waals surface area (Å²) < 4.78 is 11.5. The van der Waals surface area contributed by atoms with Crippen molar-refractivity contribution in [2.75, 3.05) is 33.9 Å². The maximum atomic E-state index is 6.00. The van der Waals surface area contributed by atoms with Crippen LogP contribution in [0.25, 0.3) is 0 Å². The van der Waals surface area contributed by atoms with Crippen LogP contribution >= 0.6 is 0 Å². The Morgan fingerprint density at radius 2 is 2.27 bits per heavy atom. The van der Waals surface area contributed by atoms with Crippen molar-refractivity contribution in [3.05, 3.63) is 23.8 Å². The topological polar surface area (TPSA) is 46.1 Å². The number of piperidine rings is 1. The lowest BCUT2D eigenvalue weighted by molar-refractivity contribution is 0.261. The Labute approximate surface area is 132 Å². The summed E-state index contributed by atoms with van der Waals surface area (Å²) in [7, 11) is 3.86.